The fourth-order valence-corrected chi connectivity index (χ4v) is 2.31. The van der Waals surface area contributed by atoms with Crippen LogP contribution in [0.4, 0.5) is 11.4 Å². The van der Waals surface area contributed by atoms with E-state index in [4.69, 9.17) is 5.84 Å². The number of hydrogen-bond acceptors (Lipinski definition) is 8. The number of nitrogen functional groups attached to an aromatic ring is 1. The number of ketones is 2. The van der Waals surface area contributed by atoms with Gasteiger partial charge in [0, 0.05) is 36.6 Å². The lowest BCUT2D eigenvalue weighted by atomic mass is 10.0. The predicted octanol–water partition coefficient (Wildman–Crippen LogP) is 1.39. The largest absolute Gasteiger partial charge is 0.367 e. The number of benzene rings is 1. The van der Waals surface area contributed by atoms with Gasteiger partial charge in [0.25, 0.3) is 0 Å². The van der Waals surface area contributed by atoms with E-state index in [0.29, 0.717) is 18.8 Å². The van der Waals surface area contributed by atoms with Crippen LogP contribution in [0.15, 0.2) is 53.0 Å². The summed E-state index contributed by atoms with van der Waals surface area (Å²) in [6, 6.07) is 6.96. The predicted molar refractivity (Wildman–Crippen MR) is 92.0 cm³/mol. The summed E-state index contributed by atoms with van der Waals surface area (Å²) in [5, 5.41) is 5.71. The summed E-state index contributed by atoms with van der Waals surface area (Å²) >= 11 is 0. The smallest absolute Gasteiger partial charge is 0.204 e. The number of nitrogens with one attached hydrogen (secondary N) is 2. The van der Waals surface area contributed by atoms with Gasteiger partial charge in [0.15, 0.2) is 0 Å². The standard InChI is InChI=1S/C16H19N5O3/c1-2-21(8-7-18-24)14-10-15(22)13(9-16(14)23)19-11-3-5-12(20-17)6-4-11/h3-6,9-10,19-20H,2,7-8,17H2,1H3. The van der Waals surface area contributed by atoms with Crippen LogP contribution in [0.1, 0.15) is 6.92 Å². The molecule has 4 N–H and O–H groups in total. The van der Waals surface area contributed by atoms with Crippen LogP contribution in [0.5, 0.6) is 0 Å². The second kappa shape index (κ2) is 8.02. The summed E-state index contributed by atoms with van der Waals surface area (Å²) in [5.41, 5.74) is 4.37. The van der Waals surface area contributed by atoms with Crippen LogP contribution in [0.3, 0.4) is 0 Å². The monoisotopic (exact) mass is 329 g/mol. The molecular weight excluding hydrogens is 310 g/mol. The summed E-state index contributed by atoms with van der Waals surface area (Å²) in [5.74, 6) is 4.71. The Morgan fingerprint density at radius 1 is 1.08 bits per heavy atom. The minimum absolute atomic E-state index is 0.0585. The minimum atomic E-state index is -0.303. The minimum Gasteiger partial charge on any atom is -0.367 e. The first-order valence-electron chi connectivity index (χ1n) is 7.48. The summed E-state index contributed by atoms with van der Waals surface area (Å²) in [6.45, 7) is 2.70. The Labute approximate surface area is 139 Å². The molecule has 1 aliphatic carbocycles. The van der Waals surface area contributed by atoms with E-state index >= 15 is 0 Å². The number of hydrazine groups is 1. The number of allylic oxidation sites excluding steroid dienone is 2. The first-order chi connectivity index (χ1) is 11.6. The molecule has 0 amide bonds. The van der Waals surface area contributed by atoms with Gasteiger partial charge in [-0.15, -0.1) is 0 Å². The Morgan fingerprint density at radius 3 is 2.33 bits per heavy atom. The summed E-state index contributed by atoms with van der Waals surface area (Å²) in [6.07, 6.45) is 2.55. The number of rotatable bonds is 8. The molecule has 1 aromatic rings. The lowest BCUT2D eigenvalue weighted by Crippen LogP contribution is -2.32. The fraction of sp³-hybridized carbons (Fsp3) is 0.250. The third-order valence-electron chi connectivity index (χ3n) is 3.58. The van der Waals surface area contributed by atoms with Crippen molar-refractivity contribution in [3.8, 4) is 0 Å². The van der Waals surface area contributed by atoms with Crippen LogP contribution >= 0.6 is 0 Å². The molecule has 126 valence electrons. The molecule has 0 spiro atoms. The van der Waals surface area contributed by atoms with E-state index in [1.165, 1.54) is 12.2 Å². The molecule has 1 aromatic carbocycles. The van der Waals surface area contributed by atoms with E-state index in [2.05, 4.69) is 15.9 Å². The average molecular weight is 329 g/mol. The molecular formula is C16H19N5O3. The van der Waals surface area contributed by atoms with Gasteiger partial charge >= 0.3 is 0 Å². The molecule has 24 heavy (non-hydrogen) atoms. The first-order valence-corrected chi connectivity index (χ1v) is 7.48. The summed E-state index contributed by atoms with van der Waals surface area (Å²) < 4.78 is 0. The molecule has 8 heteroatoms. The number of likely N-dealkylation sites (N-methyl/N-ethyl adjacent to an activating group) is 1. The van der Waals surface area contributed by atoms with Crippen LogP contribution in [0.2, 0.25) is 0 Å². The molecule has 0 atom stereocenters. The van der Waals surface area contributed by atoms with Gasteiger partial charge in [0.2, 0.25) is 11.6 Å². The second-order valence-corrected chi connectivity index (χ2v) is 5.10. The fourth-order valence-electron chi connectivity index (χ4n) is 2.31. The van der Waals surface area contributed by atoms with E-state index in [9.17, 15) is 14.5 Å². The Hall–Kier alpha value is -3.00. The highest BCUT2D eigenvalue weighted by Gasteiger charge is 2.23. The van der Waals surface area contributed by atoms with Crippen molar-refractivity contribution in [1.29, 1.82) is 0 Å². The number of nitroso groups, excluding NO2 is 1. The second-order valence-electron chi connectivity index (χ2n) is 5.10. The Morgan fingerprint density at radius 2 is 1.75 bits per heavy atom. The maximum atomic E-state index is 12.3. The number of nitrogens with two attached hydrogens (primary N) is 1. The molecule has 1 aliphatic rings. The zero-order valence-corrected chi connectivity index (χ0v) is 13.3. The van der Waals surface area contributed by atoms with E-state index in [0.717, 1.165) is 5.69 Å². The highest BCUT2D eigenvalue weighted by Crippen LogP contribution is 2.19. The van der Waals surface area contributed by atoms with Crippen LogP contribution < -0.4 is 16.6 Å². The third kappa shape index (κ3) is 4.05. The average Bonchev–Trinajstić information content (AvgIpc) is 2.60. The maximum absolute atomic E-state index is 12.3. The normalized spacial score (nSPS) is 13.9. The van der Waals surface area contributed by atoms with Crippen LogP contribution in [0, 0.1) is 4.91 Å². The summed E-state index contributed by atoms with van der Waals surface area (Å²) in [7, 11) is 0. The number of carbonyl (C=O) groups is 2. The van der Waals surface area contributed by atoms with Gasteiger partial charge in [-0.3, -0.25) is 15.4 Å². The van der Waals surface area contributed by atoms with Crippen molar-refractivity contribution in [2.45, 2.75) is 6.92 Å². The van der Waals surface area contributed by atoms with Gasteiger partial charge in [-0.25, -0.2) is 0 Å². The van der Waals surface area contributed by atoms with Crippen molar-refractivity contribution < 1.29 is 9.59 Å². The molecule has 0 saturated heterocycles. The van der Waals surface area contributed by atoms with Gasteiger partial charge in [-0.05, 0) is 31.2 Å². The van der Waals surface area contributed by atoms with Gasteiger partial charge in [-0.2, -0.15) is 4.91 Å². The SMILES string of the molecule is CCN(CCN=O)C1=CC(=O)C(Nc2ccc(NN)cc2)=CC1=O. The van der Waals surface area contributed by atoms with Crippen molar-refractivity contribution in [1.82, 2.24) is 4.90 Å². The molecule has 0 saturated carbocycles. The Balaban J connectivity index is 2.12. The molecule has 8 nitrogen and oxygen atoms in total. The van der Waals surface area contributed by atoms with Gasteiger partial charge in [0.1, 0.15) is 0 Å². The number of nitrogens with zero attached hydrogens (tertiary/aromatic N) is 2. The topological polar surface area (TPSA) is 117 Å². The number of anilines is 2. The summed E-state index contributed by atoms with van der Waals surface area (Å²) in [4.78, 5) is 36.5. The quantitative estimate of drug-likeness (QED) is 0.285. The zero-order valence-electron chi connectivity index (χ0n) is 13.3. The first kappa shape index (κ1) is 17.4. The van der Waals surface area contributed by atoms with Gasteiger partial charge in [0.05, 0.1) is 17.9 Å². The van der Waals surface area contributed by atoms with E-state index < -0.39 is 0 Å². The van der Waals surface area contributed by atoms with Crippen LogP contribution in [0.25, 0.3) is 0 Å². The number of carbonyl (C=O) groups excluding carboxylic acids is 2. The molecule has 0 aliphatic heterocycles. The molecule has 0 unspecified atom stereocenters. The van der Waals surface area contributed by atoms with Crippen LogP contribution in [-0.2, 0) is 9.59 Å². The molecule has 0 bridgehead atoms. The van der Waals surface area contributed by atoms with Crippen molar-refractivity contribution in [2.75, 3.05) is 30.4 Å². The lowest BCUT2D eigenvalue weighted by molar-refractivity contribution is -0.116. The zero-order chi connectivity index (χ0) is 17.5. The highest BCUT2D eigenvalue weighted by molar-refractivity contribution is 6.20. The van der Waals surface area contributed by atoms with Crippen LogP contribution in [-0.4, -0.2) is 36.1 Å². The van der Waals surface area contributed by atoms with Gasteiger partial charge < -0.3 is 15.6 Å². The van der Waals surface area contributed by atoms with Crippen molar-refractivity contribution >= 4 is 22.9 Å². The highest BCUT2D eigenvalue weighted by atomic mass is 16.3. The Kier molecular flexibility index (Phi) is 5.80. The van der Waals surface area contributed by atoms with Crippen molar-refractivity contribution in [3.05, 3.63) is 52.7 Å². The van der Waals surface area contributed by atoms with E-state index in [-0.39, 0.29) is 29.5 Å². The van der Waals surface area contributed by atoms with Crippen molar-refractivity contribution in [3.63, 3.8) is 0 Å². The van der Waals surface area contributed by atoms with E-state index in [1.807, 2.05) is 6.92 Å². The molecule has 0 fully saturated rings. The van der Waals surface area contributed by atoms with E-state index in [1.54, 1.807) is 29.2 Å². The third-order valence-corrected chi connectivity index (χ3v) is 3.58. The lowest BCUT2D eigenvalue weighted by Gasteiger charge is -2.25. The molecule has 2 rings (SSSR count). The van der Waals surface area contributed by atoms with Crippen molar-refractivity contribution in [2.24, 2.45) is 11.0 Å². The van der Waals surface area contributed by atoms with Gasteiger partial charge in [-0.1, -0.05) is 5.18 Å². The maximum Gasteiger partial charge on any atom is 0.204 e. The molecule has 0 radical (unpaired) electrons. The molecule has 0 heterocycles. The molecule has 0 aromatic heterocycles. The number of hydrogen-bond donors (Lipinski definition) is 3. The Bertz CT molecular complexity index is 694.